The molecule has 0 aliphatic heterocycles. The van der Waals surface area contributed by atoms with E-state index in [2.05, 4.69) is 5.32 Å². The number of amides is 2. The standard InChI is InChI=1S/C12H22N2O4S2/c1-7-14(5)11(17)19-20-12(3,4)9(10(16)18-6)13-8(2)15/h9H,7H2,1-6H3,(H,13,15). The van der Waals surface area contributed by atoms with Crippen molar-refractivity contribution >= 4 is 38.7 Å². The molecule has 0 saturated heterocycles. The van der Waals surface area contributed by atoms with Crippen molar-refractivity contribution in [3.8, 4) is 0 Å². The van der Waals surface area contributed by atoms with Crippen LogP contribution in [0.1, 0.15) is 27.7 Å². The number of nitrogens with one attached hydrogen (secondary N) is 1. The van der Waals surface area contributed by atoms with Crippen LogP contribution >= 0.6 is 21.6 Å². The second-order valence-corrected chi connectivity index (χ2v) is 7.44. The Balaban J connectivity index is 4.81. The second kappa shape index (κ2) is 8.41. The van der Waals surface area contributed by atoms with Crippen molar-refractivity contribution < 1.29 is 19.1 Å². The molecule has 20 heavy (non-hydrogen) atoms. The molecule has 1 atom stereocenters. The van der Waals surface area contributed by atoms with Crippen LogP contribution in [-0.4, -0.2) is 53.5 Å². The van der Waals surface area contributed by atoms with Gasteiger partial charge in [0.05, 0.1) is 11.9 Å². The highest BCUT2D eigenvalue weighted by Crippen LogP contribution is 2.39. The van der Waals surface area contributed by atoms with Crippen molar-refractivity contribution in [2.75, 3.05) is 20.7 Å². The van der Waals surface area contributed by atoms with E-state index in [1.165, 1.54) is 24.8 Å². The van der Waals surface area contributed by atoms with Crippen LogP contribution in [0.3, 0.4) is 0 Å². The van der Waals surface area contributed by atoms with Crippen LogP contribution in [0.15, 0.2) is 0 Å². The predicted octanol–water partition coefficient (Wildman–Crippen LogP) is 1.90. The Morgan fingerprint density at radius 1 is 1.35 bits per heavy atom. The molecule has 0 heterocycles. The largest absolute Gasteiger partial charge is 0.467 e. The third kappa shape index (κ3) is 6.04. The summed E-state index contributed by atoms with van der Waals surface area (Å²) in [6, 6.07) is -0.817. The lowest BCUT2D eigenvalue weighted by atomic mass is 10.0. The minimum atomic E-state index is -0.817. The monoisotopic (exact) mass is 322 g/mol. The highest BCUT2D eigenvalue weighted by Gasteiger charge is 2.38. The molecule has 0 radical (unpaired) electrons. The van der Waals surface area contributed by atoms with E-state index >= 15 is 0 Å². The lowest BCUT2D eigenvalue weighted by molar-refractivity contribution is -0.145. The van der Waals surface area contributed by atoms with Gasteiger partial charge in [0.1, 0.15) is 6.04 Å². The fraction of sp³-hybridized carbons (Fsp3) is 0.750. The molecular weight excluding hydrogens is 300 g/mol. The third-order valence-corrected chi connectivity index (χ3v) is 5.76. The molecule has 0 rings (SSSR count). The Morgan fingerprint density at radius 2 is 1.90 bits per heavy atom. The van der Waals surface area contributed by atoms with Gasteiger partial charge in [0.25, 0.3) is 5.24 Å². The number of nitrogens with zero attached hydrogens (tertiary/aromatic N) is 1. The molecule has 0 aromatic carbocycles. The van der Waals surface area contributed by atoms with Crippen LogP contribution in [0, 0.1) is 0 Å². The van der Waals surface area contributed by atoms with Gasteiger partial charge in [-0.1, -0.05) is 10.8 Å². The number of rotatable bonds is 6. The Morgan fingerprint density at radius 3 is 2.30 bits per heavy atom. The van der Waals surface area contributed by atoms with Crippen molar-refractivity contribution in [3.05, 3.63) is 0 Å². The zero-order valence-electron chi connectivity index (χ0n) is 12.7. The van der Waals surface area contributed by atoms with Gasteiger partial charge in [0.2, 0.25) is 5.91 Å². The molecule has 0 aliphatic rings. The van der Waals surface area contributed by atoms with E-state index < -0.39 is 16.8 Å². The van der Waals surface area contributed by atoms with Crippen LogP contribution in [0.5, 0.6) is 0 Å². The zero-order valence-corrected chi connectivity index (χ0v) is 14.3. The quantitative estimate of drug-likeness (QED) is 0.594. The summed E-state index contributed by atoms with van der Waals surface area (Å²) < 4.78 is 4.02. The van der Waals surface area contributed by atoms with Gasteiger partial charge < -0.3 is 15.0 Å². The van der Waals surface area contributed by atoms with Crippen LogP contribution in [0.25, 0.3) is 0 Å². The number of methoxy groups -OCH3 is 1. The molecule has 8 heteroatoms. The van der Waals surface area contributed by atoms with Gasteiger partial charge >= 0.3 is 5.97 Å². The number of carbonyl (C=O) groups excluding carboxylic acids is 3. The maximum Gasteiger partial charge on any atom is 0.329 e. The Labute approximate surface area is 127 Å². The summed E-state index contributed by atoms with van der Waals surface area (Å²) in [5, 5.41) is 2.47. The first-order valence-corrected chi connectivity index (χ1v) is 8.26. The molecule has 1 N–H and O–H groups in total. The number of ether oxygens (including phenoxy) is 1. The fourth-order valence-electron chi connectivity index (χ4n) is 1.22. The molecule has 2 amide bonds. The summed E-state index contributed by atoms with van der Waals surface area (Å²) in [4.78, 5) is 36.3. The van der Waals surface area contributed by atoms with Crippen LogP contribution in [0.4, 0.5) is 4.79 Å². The number of hydrogen-bond donors (Lipinski definition) is 1. The van der Waals surface area contributed by atoms with Gasteiger partial charge in [0.15, 0.2) is 0 Å². The van der Waals surface area contributed by atoms with Crippen molar-refractivity contribution in [1.82, 2.24) is 10.2 Å². The molecule has 0 aliphatic carbocycles. The normalized spacial score (nSPS) is 12.5. The summed E-state index contributed by atoms with van der Waals surface area (Å²) in [5.41, 5.74) is 0. The number of carbonyl (C=O) groups is 3. The van der Waals surface area contributed by atoms with E-state index in [4.69, 9.17) is 4.74 Å². The van der Waals surface area contributed by atoms with E-state index in [1.54, 1.807) is 25.8 Å². The van der Waals surface area contributed by atoms with E-state index in [1.807, 2.05) is 6.92 Å². The van der Waals surface area contributed by atoms with Crippen molar-refractivity contribution in [2.45, 2.75) is 38.5 Å². The van der Waals surface area contributed by atoms with Crippen molar-refractivity contribution in [3.63, 3.8) is 0 Å². The Bertz CT molecular complexity index is 374. The first kappa shape index (κ1) is 19.1. The smallest absolute Gasteiger partial charge is 0.329 e. The predicted molar refractivity (Wildman–Crippen MR) is 82.6 cm³/mol. The maximum absolute atomic E-state index is 11.8. The first-order valence-electron chi connectivity index (χ1n) is 6.11. The Hall–Kier alpha value is -0.890. The van der Waals surface area contributed by atoms with Gasteiger partial charge in [0, 0.05) is 31.3 Å². The highest BCUT2D eigenvalue weighted by molar-refractivity contribution is 8.82. The molecule has 116 valence electrons. The molecule has 0 fully saturated rings. The summed E-state index contributed by atoms with van der Waals surface area (Å²) >= 11 is 0. The minimum absolute atomic E-state index is 0.1000. The molecule has 1 unspecified atom stereocenters. The SMILES string of the molecule is CCN(C)C(=O)SSC(C)(C)C(NC(C)=O)C(=O)OC. The van der Waals surface area contributed by atoms with E-state index in [0.29, 0.717) is 6.54 Å². The highest BCUT2D eigenvalue weighted by atomic mass is 33.1. The van der Waals surface area contributed by atoms with Crippen LogP contribution in [0.2, 0.25) is 0 Å². The van der Waals surface area contributed by atoms with E-state index in [9.17, 15) is 14.4 Å². The minimum Gasteiger partial charge on any atom is -0.467 e. The number of esters is 1. The van der Waals surface area contributed by atoms with E-state index in [0.717, 1.165) is 10.8 Å². The number of hydrogen-bond acceptors (Lipinski definition) is 6. The van der Waals surface area contributed by atoms with Crippen molar-refractivity contribution in [2.24, 2.45) is 0 Å². The first-order chi connectivity index (χ1) is 9.15. The van der Waals surface area contributed by atoms with Gasteiger partial charge in [-0.3, -0.25) is 9.59 Å². The van der Waals surface area contributed by atoms with Gasteiger partial charge in [-0.05, 0) is 20.8 Å². The second-order valence-electron chi connectivity index (χ2n) is 4.71. The molecule has 0 bridgehead atoms. The molecule has 0 saturated carbocycles. The lowest BCUT2D eigenvalue weighted by Gasteiger charge is -2.31. The Kier molecular flexibility index (Phi) is 8.03. The summed E-state index contributed by atoms with van der Waals surface area (Å²) in [7, 11) is 5.25. The fourth-order valence-corrected chi connectivity index (χ4v) is 3.54. The van der Waals surface area contributed by atoms with E-state index in [-0.39, 0.29) is 11.1 Å². The maximum atomic E-state index is 11.8. The summed E-state index contributed by atoms with van der Waals surface area (Å²) in [6.07, 6.45) is 0. The zero-order chi connectivity index (χ0) is 15.9. The molecular formula is C12H22N2O4S2. The van der Waals surface area contributed by atoms with Gasteiger partial charge in [-0.15, -0.1) is 0 Å². The lowest BCUT2D eigenvalue weighted by Crippen LogP contribution is -2.52. The van der Waals surface area contributed by atoms with Crippen molar-refractivity contribution in [1.29, 1.82) is 0 Å². The summed E-state index contributed by atoms with van der Waals surface area (Å²) in [5.74, 6) is -0.856. The molecule has 0 aromatic heterocycles. The molecule has 0 aromatic rings. The third-order valence-electron chi connectivity index (χ3n) is 2.59. The van der Waals surface area contributed by atoms with Crippen LogP contribution in [-0.2, 0) is 14.3 Å². The topological polar surface area (TPSA) is 75.7 Å². The van der Waals surface area contributed by atoms with Crippen LogP contribution < -0.4 is 5.32 Å². The summed E-state index contributed by atoms with van der Waals surface area (Å²) in [6.45, 7) is 7.38. The average molecular weight is 322 g/mol. The average Bonchev–Trinajstić information content (AvgIpc) is 2.40. The molecule has 0 spiro atoms. The molecule has 6 nitrogen and oxygen atoms in total. The van der Waals surface area contributed by atoms with Gasteiger partial charge in [-0.2, -0.15) is 0 Å². The van der Waals surface area contributed by atoms with Gasteiger partial charge in [-0.25, -0.2) is 4.79 Å².